The zero-order valence-corrected chi connectivity index (χ0v) is 7.35. The van der Waals surface area contributed by atoms with Crippen molar-refractivity contribution in [1.29, 1.82) is 15.8 Å². The molecule has 1 aromatic rings. The number of benzene rings is 1. The van der Waals surface area contributed by atoms with Crippen LogP contribution in [-0.2, 0) is 0 Å². The zero-order valence-electron chi connectivity index (χ0n) is 7.35. The van der Waals surface area contributed by atoms with Crippen molar-refractivity contribution in [3.63, 3.8) is 0 Å². The molecule has 0 unspecified atom stereocenters. The van der Waals surface area contributed by atoms with Gasteiger partial charge in [0.05, 0.1) is 22.3 Å². The summed E-state index contributed by atoms with van der Waals surface area (Å²) in [4.78, 5) is 10.7. The first kappa shape index (κ1) is 10.2. The van der Waals surface area contributed by atoms with Crippen molar-refractivity contribution < 1.29 is 9.90 Å². The molecule has 1 N–H and O–H groups in total. The summed E-state index contributed by atoms with van der Waals surface area (Å²) in [7, 11) is 0. The lowest BCUT2D eigenvalue weighted by Gasteiger charge is -2.01. The first-order valence-electron chi connectivity index (χ1n) is 3.76. The lowest BCUT2D eigenvalue weighted by atomic mass is 9.98. The SMILES string of the molecule is N#Cc1ccc(C(=O)O)c(C#N)c1C#N. The summed E-state index contributed by atoms with van der Waals surface area (Å²) in [6.45, 7) is 0. The Hall–Kier alpha value is -2.84. The molecule has 5 nitrogen and oxygen atoms in total. The fraction of sp³-hybridized carbons (Fsp3) is 0. The average molecular weight is 197 g/mol. The Morgan fingerprint density at radius 2 is 1.67 bits per heavy atom. The number of hydrogen-bond donors (Lipinski definition) is 1. The number of nitriles is 3. The van der Waals surface area contributed by atoms with Gasteiger partial charge in [-0.2, -0.15) is 15.8 Å². The molecular formula is C10H3N3O2. The lowest BCUT2D eigenvalue weighted by molar-refractivity contribution is 0.0696. The fourth-order valence-electron chi connectivity index (χ4n) is 1.11. The molecule has 0 bridgehead atoms. The molecule has 0 spiro atoms. The van der Waals surface area contributed by atoms with Gasteiger partial charge in [0.2, 0.25) is 0 Å². The van der Waals surface area contributed by atoms with Gasteiger partial charge in [-0.1, -0.05) is 0 Å². The first-order valence-corrected chi connectivity index (χ1v) is 3.76. The van der Waals surface area contributed by atoms with Gasteiger partial charge in [-0.3, -0.25) is 0 Å². The van der Waals surface area contributed by atoms with Crippen LogP contribution in [0.1, 0.15) is 27.0 Å². The lowest BCUT2D eigenvalue weighted by Crippen LogP contribution is -2.03. The highest BCUT2D eigenvalue weighted by atomic mass is 16.4. The number of nitrogens with zero attached hydrogens (tertiary/aromatic N) is 3. The minimum Gasteiger partial charge on any atom is -0.478 e. The average Bonchev–Trinajstić information content (AvgIpc) is 2.26. The van der Waals surface area contributed by atoms with Gasteiger partial charge in [-0.05, 0) is 12.1 Å². The van der Waals surface area contributed by atoms with Crippen LogP contribution in [0, 0.1) is 34.0 Å². The van der Waals surface area contributed by atoms with Crippen LogP contribution >= 0.6 is 0 Å². The normalized spacial score (nSPS) is 8.33. The van der Waals surface area contributed by atoms with E-state index in [1.54, 1.807) is 18.2 Å². The molecule has 0 fully saturated rings. The summed E-state index contributed by atoms with van der Waals surface area (Å²) in [5, 5.41) is 34.8. The largest absolute Gasteiger partial charge is 0.478 e. The first-order chi connectivity index (χ1) is 7.15. The van der Waals surface area contributed by atoms with Crippen LogP contribution in [0.15, 0.2) is 12.1 Å². The summed E-state index contributed by atoms with van der Waals surface area (Å²) < 4.78 is 0. The van der Waals surface area contributed by atoms with Crippen LogP contribution in [0.5, 0.6) is 0 Å². The molecule has 0 saturated carbocycles. The number of carbonyl (C=O) groups is 1. The standard InChI is InChI=1S/C10H3N3O2/c11-3-6-1-2-7(10(14)15)9(5-13)8(6)4-12/h1-2H,(H,14,15). The van der Waals surface area contributed by atoms with Gasteiger partial charge in [-0.25, -0.2) is 4.79 Å². The van der Waals surface area contributed by atoms with Crippen LogP contribution in [-0.4, -0.2) is 11.1 Å². The number of rotatable bonds is 1. The highest BCUT2D eigenvalue weighted by Crippen LogP contribution is 2.17. The molecule has 0 radical (unpaired) electrons. The number of hydrogen-bond acceptors (Lipinski definition) is 4. The minimum atomic E-state index is -1.30. The van der Waals surface area contributed by atoms with E-state index in [1.165, 1.54) is 6.07 Å². The minimum absolute atomic E-state index is 0.000880. The molecule has 70 valence electrons. The number of carboxylic acid groups (broad SMARTS) is 1. The maximum absolute atomic E-state index is 10.7. The van der Waals surface area contributed by atoms with Gasteiger partial charge in [0.1, 0.15) is 18.2 Å². The van der Waals surface area contributed by atoms with Crippen molar-refractivity contribution in [2.45, 2.75) is 0 Å². The molecule has 5 heteroatoms. The molecule has 0 heterocycles. The predicted molar refractivity (Wildman–Crippen MR) is 47.5 cm³/mol. The van der Waals surface area contributed by atoms with E-state index in [0.717, 1.165) is 6.07 Å². The molecule has 0 amide bonds. The molecule has 0 atom stereocenters. The van der Waals surface area contributed by atoms with Crippen LogP contribution < -0.4 is 0 Å². The van der Waals surface area contributed by atoms with Crippen molar-refractivity contribution in [3.8, 4) is 18.2 Å². The van der Waals surface area contributed by atoms with Crippen LogP contribution in [0.4, 0.5) is 0 Å². The third-order valence-electron chi connectivity index (χ3n) is 1.78. The Kier molecular flexibility index (Phi) is 2.67. The highest BCUT2D eigenvalue weighted by Gasteiger charge is 2.17. The third-order valence-corrected chi connectivity index (χ3v) is 1.78. The summed E-state index contributed by atoms with van der Waals surface area (Å²) in [6.07, 6.45) is 0. The van der Waals surface area contributed by atoms with Crippen molar-refractivity contribution in [2.24, 2.45) is 0 Å². The Morgan fingerprint density at radius 3 is 2.07 bits per heavy atom. The molecule has 0 saturated heterocycles. The zero-order chi connectivity index (χ0) is 11.4. The van der Waals surface area contributed by atoms with Gasteiger partial charge >= 0.3 is 5.97 Å². The van der Waals surface area contributed by atoms with Gasteiger partial charge in [-0.15, -0.1) is 0 Å². The van der Waals surface area contributed by atoms with Gasteiger partial charge < -0.3 is 5.11 Å². The Bertz CT molecular complexity index is 556. The van der Waals surface area contributed by atoms with E-state index in [9.17, 15) is 4.79 Å². The van der Waals surface area contributed by atoms with Crippen LogP contribution in [0.3, 0.4) is 0 Å². The van der Waals surface area contributed by atoms with Crippen molar-refractivity contribution >= 4 is 5.97 Å². The second kappa shape index (κ2) is 3.91. The van der Waals surface area contributed by atoms with E-state index in [1.807, 2.05) is 0 Å². The van der Waals surface area contributed by atoms with E-state index in [0.29, 0.717) is 0 Å². The van der Waals surface area contributed by atoms with Crippen LogP contribution in [0.2, 0.25) is 0 Å². The Labute approximate surface area is 85.0 Å². The maximum atomic E-state index is 10.7. The molecule has 0 aliphatic carbocycles. The second-order valence-corrected chi connectivity index (χ2v) is 2.55. The molecule has 0 aliphatic heterocycles. The van der Waals surface area contributed by atoms with Crippen LogP contribution in [0.25, 0.3) is 0 Å². The summed E-state index contributed by atoms with van der Waals surface area (Å²) in [6, 6.07) is 7.34. The highest BCUT2D eigenvalue weighted by molar-refractivity contribution is 5.92. The Morgan fingerprint density at radius 1 is 1.07 bits per heavy atom. The molecule has 1 rings (SSSR count). The van der Waals surface area contributed by atoms with Crippen molar-refractivity contribution in [2.75, 3.05) is 0 Å². The smallest absolute Gasteiger partial charge is 0.337 e. The molecular weight excluding hydrogens is 194 g/mol. The molecule has 15 heavy (non-hydrogen) atoms. The molecule has 1 aromatic carbocycles. The maximum Gasteiger partial charge on any atom is 0.337 e. The quantitative estimate of drug-likeness (QED) is 0.722. The van der Waals surface area contributed by atoms with Crippen molar-refractivity contribution in [3.05, 3.63) is 34.4 Å². The molecule has 0 aromatic heterocycles. The van der Waals surface area contributed by atoms with Gasteiger partial charge in [0, 0.05) is 0 Å². The Balaban J connectivity index is 3.69. The fourth-order valence-corrected chi connectivity index (χ4v) is 1.11. The number of aromatic carboxylic acids is 1. The van der Waals surface area contributed by atoms with Gasteiger partial charge in [0.25, 0.3) is 0 Å². The van der Waals surface area contributed by atoms with E-state index in [4.69, 9.17) is 20.9 Å². The van der Waals surface area contributed by atoms with Crippen molar-refractivity contribution in [1.82, 2.24) is 0 Å². The second-order valence-electron chi connectivity index (χ2n) is 2.55. The summed E-state index contributed by atoms with van der Waals surface area (Å²) in [5.41, 5.74) is -0.740. The van der Waals surface area contributed by atoms with Gasteiger partial charge in [0.15, 0.2) is 0 Å². The van der Waals surface area contributed by atoms with E-state index < -0.39 is 5.97 Å². The van der Waals surface area contributed by atoms with E-state index >= 15 is 0 Å². The van der Waals surface area contributed by atoms with E-state index in [2.05, 4.69) is 0 Å². The predicted octanol–water partition coefficient (Wildman–Crippen LogP) is 1.000. The third kappa shape index (κ3) is 1.60. The number of carboxylic acids is 1. The monoisotopic (exact) mass is 197 g/mol. The topological polar surface area (TPSA) is 109 Å². The summed E-state index contributed by atoms with van der Waals surface area (Å²) in [5.74, 6) is -1.30. The summed E-state index contributed by atoms with van der Waals surface area (Å²) >= 11 is 0. The van der Waals surface area contributed by atoms with E-state index in [-0.39, 0.29) is 22.3 Å². The molecule has 0 aliphatic rings.